The van der Waals surface area contributed by atoms with E-state index < -0.39 is 0 Å². The molecular formula is C26H30N6O3. The summed E-state index contributed by atoms with van der Waals surface area (Å²) in [5, 5.41) is 7.11. The molecule has 2 fully saturated rings. The average Bonchev–Trinajstić information content (AvgIpc) is 3.43. The lowest BCUT2D eigenvalue weighted by atomic mass is 9.94. The number of likely N-dealkylation sites (tertiary alicyclic amines) is 1. The third-order valence-corrected chi connectivity index (χ3v) is 6.93. The van der Waals surface area contributed by atoms with E-state index in [2.05, 4.69) is 32.2 Å². The molecule has 0 saturated carbocycles. The van der Waals surface area contributed by atoms with Crippen LogP contribution in [0.15, 0.2) is 54.9 Å². The highest BCUT2D eigenvalue weighted by Gasteiger charge is 2.32. The summed E-state index contributed by atoms with van der Waals surface area (Å²) in [5.41, 5.74) is 3.16. The van der Waals surface area contributed by atoms with Crippen molar-refractivity contribution in [1.82, 2.24) is 25.0 Å². The Bertz CT molecular complexity index is 1150. The van der Waals surface area contributed by atoms with E-state index in [0.717, 1.165) is 43.2 Å². The molecule has 9 heteroatoms. The van der Waals surface area contributed by atoms with E-state index >= 15 is 0 Å². The van der Waals surface area contributed by atoms with Gasteiger partial charge in [0, 0.05) is 68.8 Å². The number of nitrogens with zero attached hydrogens (tertiary/aromatic N) is 5. The number of benzene rings is 1. The summed E-state index contributed by atoms with van der Waals surface area (Å²) in [6.45, 7) is 4.21. The second kappa shape index (κ2) is 10.2. The van der Waals surface area contributed by atoms with Gasteiger partial charge in [0.2, 0.25) is 5.91 Å². The van der Waals surface area contributed by atoms with E-state index in [0.29, 0.717) is 37.3 Å². The number of H-pyrrole nitrogens is 1. The van der Waals surface area contributed by atoms with E-state index in [1.807, 2.05) is 34.1 Å². The van der Waals surface area contributed by atoms with Gasteiger partial charge in [-0.1, -0.05) is 0 Å². The normalized spacial score (nSPS) is 16.9. The number of anilines is 1. The van der Waals surface area contributed by atoms with Crippen LogP contribution < -0.4 is 9.64 Å². The van der Waals surface area contributed by atoms with Gasteiger partial charge in [0.1, 0.15) is 11.4 Å². The van der Waals surface area contributed by atoms with Gasteiger partial charge >= 0.3 is 0 Å². The number of rotatable bonds is 5. The standard InChI is InChI=1S/C26H30N6O3/c1-35-22-6-4-21(5-7-22)30-13-15-32(16-14-30)25(33)19-8-11-31(12-9-19)26(34)24-17-23(28-29-24)20-3-2-10-27-18-20/h2-7,10,17-19H,8-9,11-16H2,1H3,(H,28,29). The van der Waals surface area contributed by atoms with Crippen LogP contribution in [0.1, 0.15) is 23.3 Å². The number of pyridine rings is 1. The van der Waals surface area contributed by atoms with Crippen LogP contribution in [0.2, 0.25) is 0 Å². The summed E-state index contributed by atoms with van der Waals surface area (Å²) < 4.78 is 5.24. The second-order valence-corrected chi connectivity index (χ2v) is 8.99. The quantitative estimate of drug-likeness (QED) is 0.611. The van der Waals surface area contributed by atoms with Gasteiger partial charge in [-0.25, -0.2) is 0 Å². The topological polar surface area (TPSA) is 94.7 Å². The first-order chi connectivity index (χ1) is 17.1. The van der Waals surface area contributed by atoms with Gasteiger partial charge in [-0.3, -0.25) is 19.7 Å². The molecule has 2 aliphatic rings. The molecule has 0 radical (unpaired) electrons. The van der Waals surface area contributed by atoms with Crippen molar-refractivity contribution >= 4 is 17.5 Å². The number of hydrogen-bond acceptors (Lipinski definition) is 6. The monoisotopic (exact) mass is 474 g/mol. The molecule has 2 aliphatic heterocycles. The number of nitrogens with one attached hydrogen (secondary N) is 1. The van der Waals surface area contributed by atoms with E-state index in [9.17, 15) is 9.59 Å². The minimum absolute atomic E-state index is 0.0284. The molecule has 0 bridgehead atoms. The number of amides is 2. The molecular weight excluding hydrogens is 444 g/mol. The van der Waals surface area contributed by atoms with Crippen LogP contribution in [0.3, 0.4) is 0 Å². The zero-order chi connectivity index (χ0) is 24.2. The van der Waals surface area contributed by atoms with E-state index in [1.165, 1.54) is 0 Å². The van der Waals surface area contributed by atoms with E-state index in [4.69, 9.17) is 4.74 Å². The summed E-state index contributed by atoms with van der Waals surface area (Å²) in [4.78, 5) is 36.3. The van der Waals surface area contributed by atoms with Crippen molar-refractivity contribution in [2.75, 3.05) is 51.3 Å². The maximum Gasteiger partial charge on any atom is 0.271 e. The Kier molecular flexibility index (Phi) is 6.65. The second-order valence-electron chi connectivity index (χ2n) is 8.99. The molecule has 0 unspecified atom stereocenters. The fourth-order valence-corrected chi connectivity index (χ4v) is 4.83. The molecule has 9 nitrogen and oxygen atoms in total. The Morgan fingerprint density at radius 2 is 1.71 bits per heavy atom. The van der Waals surface area contributed by atoms with Crippen LogP contribution in [0.25, 0.3) is 11.3 Å². The van der Waals surface area contributed by atoms with Gasteiger partial charge in [0.25, 0.3) is 5.91 Å². The van der Waals surface area contributed by atoms with Crippen LogP contribution in [-0.4, -0.2) is 83.2 Å². The van der Waals surface area contributed by atoms with Crippen molar-refractivity contribution in [3.05, 3.63) is 60.6 Å². The fourth-order valence-electron chi connectivity index (χ4n) is 4.83. The van der Waals surface area contributed by atoms with Gasteiger partial charge in [0.15, 0.2) is 0 Å². The highest BCUT2D eigenvalue weighted by molar-refractivity contribution is 5.93. The summed E-state index contributed by atoms with van der Waals surface area (Å²) in [7, 11) is 1.66. The number of carbonyl (C=O) groups is 2. The molecule has 2 amide bonds. The largest absolute Gasteiger partial charge is 0.497 e. The maximum atomic E-state index is 13.2. The molecule has 5 rings (SSSR count). The molecule has 0 atom stereocenters. The first-order valence-corrected chi connectivity index (χ1v) is 12.1. The minimum Gasteiger partial charge on any atom is -0.497 e. The first-order valence-electron chi connectivity index (χ1n) is 12.1. The maximum absolute atomic E-state index is 13.2. The highest BCUT2D eigenvalue weighted by Crippen LogP contribution is 2.25. The number of methoxy groups -OCH3 is 1. The van der Waals surface area contributed by atoms with Gasteiger partial charge in [-0.15, -0.1) is 0 Å². The Morgan fingerprint density at radius 1 is 0.971 bits per heavy atom. The lowest BCUT2D eigenvalue weighted by molar-refractivity contribution is -0.137. The van der Waals surface area contributed by atoms with E-state index in [-0.39, 0.29) is 17.7 Å². The van der Waals surface area contributed by atoms with Gasteiger partial charge in [-0.05, 0) is 55.3 Å². The van der Waals surface area contributed by atoms with Gasteiger partial charge in [-0.2, -0.15) is 5.10 Å². The number of aromatic nitrogens is 3. The van der Waals surface area contributed by atoms with Crippen LogP contribution >= 0.6 is 0 Å². The summed E-state index contributed by atoms with van der Waals surface area (Å²) in [5.74, 6) is 0.951. The third-order valence-electron chi connectivity index (χ3n) is 6.93. The van der Waals surface area contributed by atoms with Crippen molar-refractivity contribution in [1.29, 1.82) is 0 Å². The zero-order valence-corrected chi connectivity index (χ0v) is 19.9. The molecule has 3 aromatic rings. The Morgan fingerprint density at radius 3 is 2.37 bits per heavy atom. The molecule has 2 saturated heterocycles. The molecule has 2 aromatic heterocycles. The van der Waals surface area contributed by atoms with Crippen LogP contribution in [0.5, 0.6) is 5.75 Å². The molecule has 4 heterocycles. The van der Waals surface area contributed by atoms with Gasteiger partial charge < -0.3 is 19.4 Å². The predicted octanol–water partition coefficient (Wildman–Crippen LogP) is 2.68. The Labute approximate surface area is 204 Å². The fraction of sp³-hybridized carbons (Fsp3) is 0.385. The van der Waals surface area contributed by atoms with Crippen LogP contribution in [-0.2, 0) is 4.79 Å². The molecule has 0 aliphatic carbocycles. The lowest BCUT2D eigenvalue weighted by Gasteiger charge is -2.39. The number of piperidine rings is 1. The average molecular weight is 475 g/mol. The van der Waals surface area contributed by atoms with E-state index in [1.54, 1.807) is 25.6 Å². The molecule has 0 spiro atoms. The van der Waals surface area contributed by atoms with Crippen molar-refractivity contribution in [3.8, 4) is 17.0 Å². The number of hydrogen-bond donors (Lipinski definition) is 1. The molecule has 1 aromatic carbocycles. The third kappa shape index (κ3) is 4.99. The Balaban J connectivity index is 1.11. The number of carbonyl (C=O) groups excluding carboxylic acids is 2. The summed E-state index contributed by atoms with van der Waals surface area (Å²) in [6.07, 6.45) is 4.80. The smallest absolute Gasteiger partial charge is 0.271 e. The predicted molar refractivity (Wildman–Crippen MR) is 132 cm³/mol. The van der Waals surface area contributed by atoms with Gasteiger partial charge in [0.05, 0.1) is 12.8 Å². The van der Waals surface area contributed by atoms with Crippen LogP contribution in [0, 0.1) is 5.92 Å². The molecule has 35 heavy (non-hydrogen) atoms. The number of aromatic amines is 1. The van der Waals surface area contributed by atoms with Crippen molar-refractivity contribution in [2.45, 2.75) is 12.8 Å². The Hall–Kier alpha value is -3.88. The van der Waals surface area contributed by atoms with Crippen molar-refractivity contribution in [2.24, 2.45) is 5.92 Å². The number of ether oxygens (including phenoxy) is 1. The van der Waals surface area contributed by atoms with Crippen LogP contribution in [0.4, 0.5) is 5.69 Å². The van der Waals surface area contributed by atoms with Crippen molar-refractivity contribution < 1.29 is 14.3 Å². The van der Waals surface area contributed by atoms with Crippen molar-refractivity contribution in [3.63, 3.8) is 0 Å². The zero-order valence-electron chi connectivity index (χ0n) is 19.9. The highest BCUT2D eigenvalue weighted by atomic mass is 16.5. The first kappa shape index (κ1) is 22.9. The summed E-state index contributed by atoms with van der Waals surface area (Å²) >= 11 is 0. The molecule has 182 valence electrons. The SMILES string of the molecule is COc1ccc(N2CCN(C(=O)C3CCN(C(=O)c4cc(-c5cccnc5)n[nH]4)CC3)CC2)cc1. The summed E-state index contributed by atoms with van der Waals surface area (Å²) in [6, 6.07) is 13.6. The molecule has 1 N–H and O–H groups in total. The minimum atomic E-state index is -0.0772. The lowest BCUT2D eigenvalue weighted by Crippen LogP contribution is -2.52. The number of piperazine rings is 1.